The van der Waals surface area contributed by atoms with Gasteiger partial charge < -0.3 is 52.3 Å². The van der Waals surface area contributed by atoms with Crippen LogP contribution in [0.15, 0.2) is 84.9 Å². The van der Waals surface area contributed by atoms with Gasteiger partial charge in [-0.2, -0.15) is 0 Å². The number of rotatable bonds is 18. The lowest BCUT2D eigenvalue weighted by molar-refractivity contribution is -0.143. The van der Waals surface area contributed by atoms with Crippen LogP contribution in [0.1, 0.15) is 102 Å². The van der Waals surface area contributed by atoms with Crippen molar-refractivity contribution in [1.82, 2.24) is 52.3 Å². The van der Waals surface area contributed by atoms with Crippen molar-refractivity contribution in [3.05, 3.63) is 107 Å². The number of thiocarbonyl (C=S) groups is 2. The molecule has 6 amide bonds. The summed E-state index contributed by atoms with van der Waals surface area (Å²) in [5.74, 6) is -0.569. The van der Waals surface area contributed by atoms with Gasteiger partial charge in [0.25, 0.3) is 0 Å². The summed E-state index contributed by atoms with van der Waals surface area (Å²) < 4.78 is 0. The molecule has 4 saturated heterocycles. The van der Waals surface area contributed by atoms with E-state index < -0.39 is 70.7 Å². The molecule has 0 saturated carbocycles. The normalized spacial score (nSPS) is 24.6. The SMILES string of the molecule is CN[C@@H](C)C(=S)N[C@H]1CCSC2CC(C)(C)[C@@H](C(=O)N[C@@H](C(=O)NCc3ccc(CNC(=O)[C@@H](NC(=O)[C@H]4N5C(=O)[C@H](NC(=S)[C@@H](C)NC)CCSC5CC4(C)C)c4ccccc4)cc3)c3ccccc3)N2C1=O. The minimum absolute atomic E-state index is 0.134. The van der Waals surface area contributed by atoms with Gasteiger partial charge in [-0.25, -0.2) is 0 Å². The molecular weight excluding hydrogens is 1010 g/mol. The molecule has 0 aliphatic carbocycles. The summed E-state index contributed by atoms with van der Waals surface area (Å²) in [4.78, 5) is 90.4. The maximum atomic E-state index is 14.5. The van der Waals surface area contributed by atoms with E-state index in [1.165, 1.54) is 0 Å². The lowest BCUT2D eigenvalue weighted by Crippen LogP contribution is -2.58. The maximum absolute atomic E-state index is 14.5. The van der Waals surface area contributed by atoms with Crippen molar-refractivity contribution in [2.45, 2.75) is 139 Å². The Morgan fingerprint density at radius 1 is 0.595 bits per heavy atom. The molecule has 3 aromatic rings. The van der Waals surface area contributed by atoms with Gasteiger partial charge in [0.1, 0.15) is 36.3 Å². The van der Waals surface area contributed by atoms with Crippen molar-refractivity contribution in [1.29, 1.82) is 0 Å². The number of hydrogen-bond donors (Lipinski definition) is 8. The molecule has 20 heteroatoms. The van der Waals surface area contributed by atoms with Crippen molar-refractivity contribution in [2.75, 3.05) is 25.6 Å². The molecule has 4 fully saturated rings. The average molecular weight is 1090 g/mol. The third kappa shape index (κ3) is 13.1. The van der Waals surface area contributed by atoms with Crippen molar-refractivity contribution >= 4 is 93.4 Å². The Bertz CT molecular complexity index is 2370. The first-order valence-corrected chi connectivity index (χ1v) is 28.3. The predicted octanol–water partition coefficient (Wildman–Crippen LogP) is 4.60. The minimum Gasteiger partial charge on any atom is -0.367 e. The van der Waals surface area contributed by atoms with Crippen LogP contribution in [0.25, 0.3) is 0 Å². The fourth-order valence-electron chi connectivity index (χ4n) is 10.3. The Labute approximate surface area is 455 Å². The van der Waals surface area contributed by atoms with Crippen LogP contribution in [-0.2, 0) is 41.9 Å². The fourth-order valence-corrected chi connectivity index (χ4v) is 13.9. The number of fused-ring (bicyclic) bond motifs is 2. The number of likely N-dealkylation sites (N-methyl/N-ethyl adjacent to an activating group) is 2. The van der Waals surface area contributed by atoms with Gasteiger partial charge in [-0.05, 0) is 98.2 Å². The second-order valence-corrected chi connectivity index (χ2v) is 24.5. The molecule has 0 bridgehead atoms. The highest BCUT2D eigenvalue weighted by Crippen LogP contribution is 2.48. The Balaban J connectivity index is 0.994. The van der Waals surface area contributed by atoms with E-state index >= 15 is 0 Å². The highest BCUT2D eigenvalue weighted by atomic mass is 32.2. The summed E-state index contributed by atoms with van der Waals surface area (Å²) in [6.45, 7) is 12.1. The topological polar surface area (TPSA) is 205 Å². The molecule has 3 aromatic carbocycles. The summed E-state index contributed by atoms with van der Waals surface area (Å²) >= 11 is 14.5. The van der Waals surface area contributed by atoms with Crippen LogP contribution >= 0.6 is 48.0 Å². The summed E-state index contributed by atoms with van der Waals surface area (Å²) in [6.07, 6.45) is 2.37. The quantitative estimate of drug-likeness (QED) is 0.0821. The Morgan fingerprint density at radius 3 is 1.28 bits per heavy atom. The summed E-state index contributed by atoms with van der Waals surface area (Å²) in [5, 5.41) is 24.4. The molecule has 16 nitrogen and oxygen atoms in total. The maximum Gasteiger partial charge on any atom is 0.247 e. The third-order valence-corrected chi connectivity index (χ3v) is 18.1. The van der Waals surface area contributed by atoms with Crippen LogP contribution in [0, 0.1) is 10.8 Å². The molecule has 398 valence electrons. The minimum atomic E-state index is -1.05. The van der Waals surface area contributed by atoms with Crippen molar-refractivity contribution in [2.24, 2.45) is 10.8 Å². The van der Waals surface area contributed by atoms with Crippen molar-refractivity contribution < 1.29 is 28.8 Å². The lowest BCUT2D eigenvalue weighted by atomic mass is 9.83. The monoisotopic (exact) mass is 1080 g/mol. The standard InChI is InChI=1S/C54H72N10O6S4/c1-31(55-7)49(71)59-37-23-25-73-39-27-53(3,4)43(63(39)51(37)69)47(67)61-41(35-15-11-9-12-16-35)45(65)57-29-33-19-21-34(22-20-33)30-58-46(66)42(36-17-13-10-14-18-36)62-48(68)44-54(5,6)28-40-64(44)52(70)38(24-26-74-40)60-50(72)32(2)56-8/h9-22,31-32,37-44,55-56H,23-30H2,1-8H3,(H,57,65)(H,58,66)(H,59,71)(H,60,72)(H,61,67)(H,62,68)/t31-,32+,37-,38+,39?,40?,41+,42-,43-,44-/m1/s1. The summed E-state index contributed by atoms with van der Waals surface area (Å²) in [7, 11) is 3.61. The number of nitrogens with zero attached hydrogens (tertiary/aromatic N) is 2. The van der Waals surface area contributed by atoms with Crippen LogP contribution in [0.3, 0.4) is 0 Å². The molecule has 2 unspecified atom stereocenters. The fraction of sp³-hybridized carbons (Fsp3) is 0.519. The highest BCUT2D eigenvalue weighted by molar-refractivity contribution is 8.00. The number of benzene rings is 3. The van der Waals surface area contributed by atoms with E-state index in [0.717, 1.165) is 22.6 Å². The summed E-state index contributed by atoms with van der Waals surface area (Å²) in [5.41, 5.74) is 1.59. The zero-order chi connectivity index (χ0) is 53.5. The first kappa shape index (κ1) is 56.6. The molecule has 4 aliphatic rings. The first-order chi connectivity index (χ1) is 35.2. The number of amides is 6. The average Bonchev–Trinajstić information content (AvgIpc) is 3.71. The molecular formula is C54H72N10O6S4. The van der Waals surface area contributed by atoms with E-state index in [-0.39, 0.29) is 47.7 Å². The predicted molar refractivity (Wildman–Crippen MR) is 301 cm³/mol. The van der Waals surface area contributed by atoms with Crippen LogP contribution in [0.2, 0.25) is 0 Å². The van der Waals surface area contributed by atoms with Crippen LogP contribution in [-0.4, -0.2) is 128 Å². The van der Waals surface area contributed by atoms with Gasteiger partial charge in [-0.15, -0.1) is 23.5 Å². The molecule has 10 atom stereocenters. The van der Waals surface area contributed by atoms with Crippen LogP contribution in [0.4, 0.5) is 0 Å². The molecule has 4 heterocycles. The van der Waals surface area contributed by atoms with E-state index in [1.54, 1.807) is 71.7 Å². The molecule has 74 heavy (non-hydrogen) atoms. The number of nitrogens with one attached hydrogen (secondary N) is 8. The lowest BCUT2D eigenvalue weighted by Gasteiger charge is -2.35. The van der Waals surface area contributed by atoms with Crippen molar-refractivity contribution in [3.8, 4) is 0 Å². The van der Waals surface area contributed by atoms with E-state index in [9.17, 15) is 28.8 Å². The molecule has 0 spiro atoms. The van der Waals surface area contributed by atoms with Crippen molar-refractivity contribution in [3.63, 3.8) is 0 Å². The zero-order valence-electron chi connectivity index (χ0n) is 43.5. The third-order valence-electron chi connectivity index (χ3n) is 14.7. The smallest absolute Gasteiger partial charge is 0.247 e. The Kier molecular flexibility index (Phi) is 18.9. The molecule has 7 rings (SSSR count). The van der Waals surface area contributed by atoms with E-state index in [0.29, 0.717) is 46.8 Å². The molecule has 0 aromatic heterocycles. The summed E-state index contributed by atoms with van der Waals surface area (Å²) in [6, 6.07) is 20.3. The van der Waals surface area contributed by atoms with Gasteiger partial charge in [-0.1, -0.05) is 137 Å². The van der Waals surface area contributed by atoms with E-state index in [2.05, 4.69) is 42.5 Å². The Morgan fingerprint density at radius 2 is 0.946 bits per heavy atom. The molecule has 0 radical (unpaired) electrons. The first-order valence-electron chi connectivity index (χ1n) is 25.4. The number of carbonyl (C=O) groups is 6. The second kappa shape index (κ2) is 24.7. The van der Waals surface area contributed by atoms with Gasteiger partial charge in [0.15, 0.2) is 0 Å². The van der Waals surface area contributed by atoms with Crippen LogP contribution < -0.4 is 42.5 Å². The number of thioether (sulfide) groups is 2. The highest BCUT2D eigenvalue weighted by Gasteiger charge is 2.56. The number of carbonyl (C=O) groups excluding carboxylic acids is 6. The second-order valence-electron chi connectivity index (χ2n) is 21.0. The Hall–Kier alpha value is -5.12. The largest absolute Gasteiger partial charge is 0.367 e. The zero-order valence-corrected chi connectivity index (χ0v) is 46.8. The van der Waals surface area contributed by atoms with E-state index in [4.69, 9.17) is 24.4 Å². The van der Waals surface area contributed by atoms with Gasteiger partial charge in [0.05, 0.1) is 32.8 Å². The van der Waals surface area contributed by atoms with Gasteiger partial charge >= 0.3 is 0 Å². The number of hydrogen-bond acceptors (Lipinski definition) is 12. The van der Waals surface area contributed by atoms with Gasteiger partial charge in [0, 0.05) is 13.1 Å². The van der Waals surface area contributed by atoms with E-state index in [1.807, 2.05) is 102 Å². The molecule has 8 N–H and O–H groups in total. The van der Waals surface area contributed by atoms with Gasteiger partial charge in [-0.3, -0.25) is 28.8 Å². The van der Waals surface area contributed by atoms with Gasteiger partial charge in [0.2, 0.25) is 35.4 Å². The molecule has 4 aliphatic heterocycles. The van der Waals surface area contributed by atoms with Crippen LogP contribution in [0.5, 0.6) is 0 Å².